The number of aryl methyl sites for hydroxylation is 1. The number of benzene rings is 2. The molecule has 170 valence electrons. The van der Waals surface area contributed by atoms with Gasteiger partial charge in [0, 0.05) is 56.8 Å². The van der Waals surface area contributed by atoms with Crippen LogP contribution in [0, 0.1) is 0 Å². The molecule has 32 heavy (non-hydrogen) atoms. The molecule has 0 unspecified atom stereocenters. The first-order valence-electron chi connectivity index (χ1n) is 11.4. The Kier molecular flexibility index (Phi) is 7.80. The van der Waals surface area contributed by atoms with Gasteiger partial charge < -0.3 is 18.9 Å². The Hall–Kier alpha value is -2.83. The molecule has 1 fully saturated rings. The zero-order chi connectivity index (χ0) is 22.2. The maximum Gasteiger partial charge on any atom is 0.137 e. The Balaban J connectivity index is 1.18. The minimum atomic E-state index is 0.732. The van der Waals surface area contributed by atoms with Crippen molar-refractivity contribution >= 4 is 0 Å². The van der Waals surface area contributed by atoms with E-state index in [4.69, 9.17) is 14.0 Å². The molecule has 0 saturated carbocycles. The van der Waals surface area contributed by atoms with Gasteiger partial charge in [0.15, 0.2) is 0 Å². The standard InChI is InChI=1S/C26H33N3O3/c1-30-22-11-12-24(26(19-22)31-2)25-18-23(32-27-25)10-6-7-13-28-14-16-29(17-15-28)20-21-8-4-3-5-9-21/h3-5,8-9,11-12,18-19H,6-7,10,13-17,20H2,1-2H3. The zero-order valence-electron chi connectivity index (χ0n) is 19.1. The molecule has 2 heterocycles. The summed E-state index contributed by atoms with van der Waals surface area (Å²) in [5.41, 5.74) is 3.12. The van der Waals surface area contributed by atoms with Crippen LogP contribution in [0.4, 0.5) is 0 Å². The number of ether oxygens (including phenoxy) is 2. The summed E-state index contributed by atoms with van der Waals surface area (Å²) in [7, 11) is 3.30. The average molecular weight is 436 g/mol. The number of unbranched alkanes of at least 4 members (excludes halogenated alkanes) is 1. The van der Waals surface area contributed by atoms with Crippen molar-refractivity contribution in [2.24, 2.45) is 0 Å². The second-order valence-electron chi connectivity index (χ2n) is 8.31. The predicted octanol–water partition coefficient (Wildman–Crippen LogP) is 4.50. The predicted molar refractivity (Wildman–Crippen MR) is 126 cm³/mol. The molecule has 1 aliphatic rings. The Bertz CT molecular complexity index is 965. The number of methoxy groups -OCH3 is 2. The second-order valence-corrected chi connectivity index (χ2v) is 8.31. The molecule has 6 heteroatoms. The van der Waals surface area contributed by atoms with E-state index in [1.807, 2.05) is 24.3 Å². The number of aromatic nitrogens is 1. The summed E-state index contributed by atoms with van der Waals surface area (Å²) in [4.78, 5) is 5.13. The number of hydrogen-bond acceptors (Lipinski definition) is 6. The fourth-order valence-corrected chi connectivity index (χ4v) is 4.22. The van der Waals surface area contributed by atoms with Gasteiger partial charge in [-0.1, -0.05) is 35.5 Å². The molecule has 0 bridgehead atoms. The quantitative estimate of drug-likeness (QED) is 0.437. The highest BCUT2D eigenvalue weighted by molar-refractivity contribution is 5.68. The Morgan fingerprint density at radius 3 is 2.41 bits per heavy atom. The van der Waals surface area contributed by atoms with Gasteiger partial charge in [-0.2, -0.15) is 0 Å². The van der Waals surface area contributed by atoms with Gasteiger partial charge in [0.2, 0.25) is 0 Å². The molecule has 0 atom stereocenters. The van der Waals surface area contributed by atoms with Crippen molar-refractivity contribution in [2.45, 2.75) is 25.8 Å². The van der Waals surface area contributed by atoms with Crippen LogP contribution in [0.15, 0.2) is 59.1 Å². The molecule has 2 aromatic carbocycles. The van der Waals surface area contributed by atoms with E-state index in [1.165, 1.54) is 12.0 Å². The maximum atomic E-state index is 5.58. The van der Waals surface area contributed by atoms with Crippen LogP contribution >= 0.6 is 0 Å². The lowest BCUT2D eigenvalue weighted by atomic mass is 10.1. The van der Waals surface area contributed by atoms with Crippen molar-refractivity contribution in [3.63, 3.8) is 0 Å². The lowest BCUT2D eigenvalue weighted by Gasteiger charge is -2.34. The van der Waals surface area contributed by atoms with Crippen molar-refractivity contribution in [2.75, 3.05) is 46.9 Å². The van der Waals surface area contributed by atoms with Gasteiger partial charge in [0.25, 0.3) is 0 Å². The van der Waals surface area contributed by atoms with E-state index in [0.717, 1.165) is 80.6 Å². The molecule has 0 N–H and O–H groups in total. The van der Waals surface area contributed by atoms with E-state index >= 15 is 0 Å². The van der Waals surface area contributed by atoms with Crippen LogP contribution in [-0.4, -0.2) is 61.9 Å². The smallest absolute Gasteiger partial charge is 0.137 e. The van der Waals surface area contributed by atoms with Crippen LogP contribution in [0.1, 0.15) is 24.2 Å². The molecule has 1 aromatic heterocycles. The molecule has 0 radical (unpaired) electrons. The topological polar surface area (TPSA) is 51.0 Å². The van der Waals surface area contributed by atoms with E-state index in [1.54, 1.807) is 14.2 Å². The highest BCUT2D eigenvalue weighted by atomic mass is 16.5. The van der Waals surface area contributed by atoms with Crippen molar-refractivity contribution in [1.29, 1.82) is 0 Å². The van der Waals surface area contributed by atoms with Crippen LogP contribution in [-0.2, 0) is 13.0 Å². The molecular weight excluding hydrogens is 402 g/mol. The Morgan fingerprint density at radius 2 is 1.66 bits per heavy atom. The van der Waals surface area contributed by atoms with Crippen molar-refractivity contribution in [3.05, 3.63) is 65.9 Å². The minimum Gasteiger partial charge on any atom is -0.497 e. The third-order valence-electron chi connectivity index (χ3n) is 6.11. The first-order valence-corrected chi connectivity index (χ1v) is 11.4. The van der Waals surface area contributed by atoms with E-state index in [-0.39, 0.29) is 0 Å². The number of piperazine rings is 1. The van der Waals surface area contributed by atoms with E-state index in [9.17, 15) is 0 Å². The summed E-state index contributed by atoms with van der Waals surface area (Å²) in [6.45, 7) is 6.79. The van der Waals surface area contributed by atoms with Crippen LogP contribution < -0.4 is 9.47 Å². The van der Waals surface area contributed by atoms with Crippen LogP contribution in [0.2, 0.25) is 0 Å². The summed E-state index contributed by atoms with van der Waals surface area (Å²) in [5, 5.41) is 4.25. The molecule has 0 aliphatic carbocycles. The fraction of sp³-hybridized carbons (Fsp3) is 0.423. The third kappa shape index (κ3) is 5.90. The molecule has 6 nitrogen and oxygen atoms in total. The van der Waals surface area contributed by atoms with Gasteiger partial charge in [-0.3, -0.25) is 4.90 Å². The second kappa shape index (κ2) is 11.2. The van der Waals surface area contributed by atoms with Gasteiger partial charge in [-0.25, -0.2) is 0 Å². The van der Waals surface area contributed by atoms with Crippen molar-refractivity contribution in [1.82, 2.24) is 15.0 Å². The summed E-state index contributed by atoms with van der Waals surface area (Å²) < 4.78 is 16.3. The molecule has 1 saturated heterocycles. The van der Waals surface area contributed by atoms with E-state index in [2.05, 4.69) is 45.3 Å². The maximum absolute atomic E-state index is 5.58. The zero-order valence-corrected chi connectivity index (χ0v) is 19.1. The van der Waals surface area contributed by atoms with E-state index in [0.29, 0.717) is 0 Å². The number of nitrogens with zero attached hydrogens (tertiary/aromatic N) is 3. The lowest BCUT2D eigenvalue weighted by Crippen LogP contribution is -2.46. The van der Waals surface area contributed by atoms with Gasteiger partial charge in [-0.05, 0) is 37.1 Å². The minimum absolute atomic E-state index is 0.732. The molecule has 4 rings (SSSR count). The first kappa shape index (κ1) is 22.4. The molecule has 1 aliphatic heterocycles. The van der Waals surface area contributed by atoms with Crippen LogP contribution in [0.3, 0.4) is 0 Å². The highest BCUT2D eigenvalue weighted by Crippen LogP contribution is 2.33. The monoisotopic (exact) mass is 435 g/mol. The molecular formula is C26H33N3O3. The summed E-state index contributed by atoms with van der Waals surface area (Å²) in [5.74, 6) is 2.41. The van der Waals surface area contributed by atoms with Crippen molar-refractivity contribution in [3.8, 4) is 22.8 Å². The van der Waals surface area contributed by atoms with E-state index < -0.39 is 0 Å². The van der Waals surface area contributed by atoms with Crippen molar-refractivity contribution < 1.29 is 14.0 Å². The third-order valence-corrected chi connectivity index (χ3v) is 6.11. The largest absolute Gasteiger partial charge is 0.497 e. The van der Waals surface area contributed by atoms with Crippen LogP contribution in [0.25, 0.3) is 11.3 Å². The van der Waals surface area contributed by atoms with Gasteiger partial charge in [0.1, 0.15) is 23.0 Å². The summed E-state index contributed by atoms with van der Waals surface area (Å²) >= 11 is 0. The molecule has 0 spiro atoms. The summed E-state index contributed by atoms with van der Waals surface area (Å²) in [6.07, 6.45) is 3.17. The lowest BCUT2D eigenvalue weighted by molar-refractivity contribution is 0.125. The Labute approximate surface area is 190 Å². The average Bonchev–Trinajstić information content (AvgIpc) is 3.32. The van der Waals surface area contributed by atoms with Gasteiger partial charge >= 0.3 is 0 Å². The SMILES string of the molecule is COc1ccc(-c2cc(CCCCN3CCN(Cc4ccccc4)CC3)on2)c(OC)c1. The van der Waals surface area contributed by atoms with Gasteiger partial charge in [-0.15, -0.1) is 0 Å². The van der Waals surface area contributed by atoms with Gasteiger partial charge in [0.05, 0.1) is 14.2 Å². The van der Waals surface area contributed by atoms with Crippen LogP contribution in [0.5, 0.6) is 11.5 Å². The number of rotatable bonds is 10. The summed E-state index contributed by atoms with van der Waals surface area (Å²) in [6, 6.07) is 18.5. The fourth-order valence-electron chi connectivity index (χ4n) is 4.22. The molecule has 0 amide bonds. The highest BCUT2D eigenvalue weighted by Gasteiger charge is 2.17. The number of hydrogen-bond donors (Lipinski definition) is 0. The Morgan fingerprint density at radius 1 is 0.875 bits per heavy atom. The first-order chi connectivity index (χ1) is 15.7. The molecule has 3 aromatic rings. The normalized spacial score (nSPS) is 15.1.